The summed E-state index contributed by atoms with van der Waals surface area (Å²) in [6, 6.07) is 4.49. The summed E-state index contributed by atoms with van der Waals surface area (Å²) in [6.07, 6.45) is 0.855. The Kier molecular flexibility index (Phi) is 8.40. The van der Waals surface area contributed by atoms with E-state index in [1.165, 1.54) is 12.1 Å². The fourth-order valence-corrected chi connectivity index (χ4v) is 3.20. The van der Waals surface area contributed by atoms with Gasteiger partial charge in [-0.15, -0.1) is 10.2 Å². The van der Waals surface area contributed by atoms with Crippen molar-refractivity contribution in [2.24, 2.45) is 12.0 Å². The standard InChI is InChI=1S/C20H30ClFN6O/c1-14-26-27-18(28(14)4)12-24-19(23-9-6-10-29-5)25-13-20(2,3)16-8-7-15(22)11-17(16)21/h7-8,11H,6,9-10,12-13H2,1-5H3,(H2,23,24,25). The third-order valence-electron chi connectivity index (χ3n) is 4.74. The molecular formula is C20H30ClFN6O. The Morgan fingerprint density at radius 2 is 2.07 bits per heavy atom. The zero-order valence-corrected chi connectivity index (χ0v) is 18.5. The number of rotatable bonds is 9. The molecule has 29 heavy (non-hydrogen) atoms. The fraction of sp³-hybridized carbons (Fsp3) is 0.550. The minimum absolute atomic E-state index is 0.332. The Balaban J connectivity index is 2.09. The molecule has 0 aliphatic heterocycles. The number of ether oxygens (including phenoxy) is 1. The summed E-state index contributed by atoms with van der Waals surface area (Å²) in [7, 11) is 3.59. The van der Waals surface area contributed by atoms with Crippen molar-refractivity contribution in [1.82, 2.24) is 25.4 Å². The van der Waals surface area contributed by atoms with Crippen LogP contribution in [0.1, 0.15) is 37.5 Å². The molecule has 0 bridgehead atoms. The highest BCUT2D eigenvalue weighted by atomic mass is 35.5. The van der Waals surface area contributed by atoms with Gasteiger partial charge >= 0.3 is 0 Å². The van der Waals surface area contributed by atoms with E-state index in [1.54, 1.807) is 13.2 Å². The second-order valence-electron chi connectivity index (χ2n) is 7.52. The molecule has 0 aliphatic carbocycles. The number of aryl methyl sites for hydroxylation is 1. The number of nitrogens with zero attached hydrogens (tertiary/aromatic N) is 4. The number of halogens is 2. The summed E-state index contributed by atoms with van der Waals surface area (Å²) in [5.74, 6) is 1.93. The smallest absolute Gasteiger partial charge is 0.191 e. The van der Waals surface area contributed by atoms with Crippen LogP contribution in [0.3, 0.4) is 0 Å². The summed E-state index contributed by atoms with van der Waals surface area (Å²) in [4.78, 5) is 4.64. The van der Waals surface area contributed by atoms with Crippen LogP contribution in [0.4, 0.5) is 4.39 Å². The lowest BCUT2D eigenvalue weighted by Gasteiger charge is -2.28. The van der Waals surface area contributed by atoms with Crippen molar-refractivity contribution in [2.75, 3.05) is 26.8 Å². The van der Waals surface area contributed by atoms with Gasteiger partial charge in [0.2, 0.25) is 0 Å². The van der Waals surface area contributed by atoms with Crippen LogP contribution in [0.25, 0.3) is 0 Å². The molecule has 0 spiro atoms. The normalized spacial score (nSPS) is 12.3. The summed E-state index contributed by atoms with van der Waals surface area (Å²) >= 11 is 6.26. The minimum Gasteiger partial charge on any atom is -0.385 e. The third-order valence-corrected chi connectivity index (χ3v) is 5.05. The number of aliphatic imine (C=N–C) groups is 1. The largest absolute Gasteiger partial charge is 0.385 e. The summed E-state index contributed by atoms with van der Waals surface area (Å²) in [6.45, 7) is 8.34. The lowest BCUT2D eigenvalue weighted by Crippen LogP contribution is -2.44. The Morgan fingerprint density at radius 3 is 2.69 bits per heavy atom. The maximum Gasteiger partial charge on any atom is 0.191 e. The number of benzene rings is 1. The van der Waals surface area contributed by atoms with Crippen LogP contribution in [0.5, 0.6) is 0 Å². The molecule has 0 amide bonds. The van der Waals surface area contributed by atoms with Crippen molar-refractivity contribution >= 4 is 17.6 Å². The van der Waals surface area contributed by atoms with Gasteiger partial charge in [0.25, 0.3) is 0 Å². The molecule has 0 radical (unpaired) electrons. The predicted molar refractivity (Wildman–Crippen MR) is 114 cm³/mol. The lowest BCUT2D eigenvalue weighted by molar-refractivity contribution is 0.195. The molecule has 0 unspecified atom stereocenters. The predicted octanol–water partition coefficient (Wildman–Crippen LogP) is 2.97. The summed E-state index contributed by atoms with van der Waals surface area (Å²) < 4.78 is 20.4. The first-order valence-electron chi connectivity index (χ1n) is 9.56. The number of nitrogens with one attached hydrogen (secondary N) is 2. The maximum atomic E-state index is 13.4. The SMILES string of the molecule is COCCCNC(=NCc1nnc(C)n1C)NCC(C)(C)c1ccc(F)cc1Cl. The van der Waals surface area contributed by atoms with Gasteiger partial charge in [0.1, 0.15) is 18.2 Å². The molecule has 1 aromatic carbocycles. The van der Waals surface area contributed by atoms with Crippen molar-refractivity contribution in [3.8, 4) is 0 Å². The molecule has 2 aromatic rings. The monoisotopic (exact) mass is 424 g/mol. The first-order chi connectivity index (χ1) is 13.7. The number of hydrogen-bond acceptors (Lipinski definition) is 4. The zero-order valence-electron chi connectivity index (χ0n) is 17.7. The minimum atomic E-state index is -0.344. The topological polar surface area (TPSA) is 76.4 Å². The van der Waals surface area contributed by atoms with Crippen LogP contribution in [0, 0.1) is 12.7 Å². The van der Waals surface area contributed by atoms with Gasteiger partial charge < -0.3 is 19.9 Å². The Labute approximate surface area is 176 Å². The number of hydrogen-bond donors (Lipinski definition) is 2. The van der Waals surface area contributed by atoms with Crippen molar-refractivity contribution in [3.05, 3.63) is 46.3 Å². The van der Waals surface area contributed by atoms with Crippen molar-refractivity contribution in [2.45, 2.75) is 39.2 Å². The summed E-state index contributed by atoms with van der Waals surface area (Å²) in [5, 5.41) is 15.3. The van der Waals surface area contributed by atoms with Crippen LogP contribution < -0.4 is 10.6 Å². The Morgan fingerprint density at radius 1 is 1.31 bits per heavy atom. The molecule has 0 fully saturated rings. The van der Waals surface area contributed by atoms with E-state index in [1.807, 2.05) is 32.4 Å². The van der Waals surface area contributed by atoms with Gasteiger partial charge in [-0.2, -0.15) is 0 Å². The average Bonchev–Trinajstić information content (AvgIpc) is 2.98. The van der Waals surface area contributed by atoms with E-state index in [2.05, 4.69) is 25.8 Å². The Hall–Kier alpha value is -2.19. The number of methoxy groups -OCH3 is 1. The molecular weight excluding hydrogens is 395 g/mol. The van der Waals surface area contributed by atoms with Gasteiger partial charge in [-0.05, 0) is 31.0 Å². The molecule has 0 aliphatic rings. The van der Waals surface area contributed by atoms with E-state index < -0.39 is 0 Å². The van der Waals surface area contributed by atoms with Crippen molar-refractivity contribution < 1.29 is 9.13 Å². The van der Waals surface area contributed by atoms with Crippen molar-refractivity contribution in [3.63, 3.8) is 0 Å². The molecule has 0 saturated carbocycles. The van der Waals surface area contributed by atoms with E-state index in [4.69, 9.17) is 16.3 Å². The second-order valence-corrected chi connectivity index (χ2v) is 7.93. The highest BCUT2D eigenvalue weighted by molar-refractivity contribution is 6.31. The van der Waals surface area contributed by atoms with E-state index in [-0.39, 0.29) is 11.2 Å². The maximum absolute atomic E-state index is 13.4. The van der Waals surface area contributed by atoms with Crippen molar-refractivity contribution in [1.29, 1.82) is 0 Å². The third kappa shape index (κ3) is 6.68. The van der Waals surface area contributed by atoms with E-state index in [0.717, 1.165) is 30.2 Å². The molecule has 7 nitrogen and oxygen atoms in total. The molecule has 2 rings (SSSR count). The van der Waals surface area contributed by atoms with Gasteiger partial charge in [0.05, 0.1) is 0 Å². The molecule has 1 aromatic heterocycles. The van der Waals surface area contributed by atoms with Crippen LogP contribution in [-0.2, 0) is 23.7 Å². The molecule has 2 N–H and O–H groups in total. The zero-order chi connectivity index (χ0) is 21.4. The van der Waals surface area contributed by atoms with Crippen LogP contribution in [0.2, 0.25) is 5.02 Å². The van der Waals surface area contributed by atoms with E-state index >= 15 is 0 Å². The highest BCUT2D eigenvalue weighted by Gasteiger charge is 2.24. The average molecular weight is 425 g/mol. The molecule has 1 heterocycles. The van der Waals surface area contributed by atoms with Gasteiger partial charge in [0, 0.05) is 44.3 Å². The fourth-order valence-electron chi connectivity index (χ4n) is 2.77. The van der Waals surface area contributed by atoms with E-state index in [0.29, 0.717) is 30.7 Å². The van der Waals surface area contributed by atoms with Gasteiger partial charge in [-0.3, -0.25) is 0 Å². The van der Waals surface area contributed by atoms with E-state index in [9.17, 15) is 4.39 Å². The van der Waals surface area contributed by atoms with Crippen LogP contribution >= 0.6 is 11.6 Å². The van der Waals surface area contributed by atoms with Gasteiger partial charge in [0.15, 0.2) is 11.8 Å². The quantitative estimate of drug-likeness (QED) is 0.367. The Bertz CT molecular complexity index is 836. The molecule has 160 valence electrons. The lowest BCUT2D eigenvalue weighted by atomic mass is 9.84. The highest BCUT2D eigenvalue weighted by Crippen LogP contribution is 2.29. The molecule has 0 saturated heterocycles. The van der Waals surface area contributed by atoms with Crippen LogP contribution in [0.15, 0.2) is 23.2 Å². The first kappa shape index (κ1) is 23.1. The first-order valence-corrected chi connectivity index (χ1v) is 9.94. The number of aromatic nitrogens is 3. The van der Waals surface area contributed by atoms with Gasteiger partial charge in [-0.25, -0.2) is 9.38 Å². The molecule has 0 atom stereocenters. The second kappa shape index (κ2) is 10.5. The van der Waals surface area contributed by atoms with Gasteiger partial charge in [-0.1, -0.05) is 31.5 Å². The molecule has 9 heteroatoms. The number of guanidine groups is 1. The van der Waals surface area contributed by atoms with Crippen LogP contribution in [-0.4, -0.2) is 47.5 Å². The summed E-state index contributed by atoms with van der Waals surface area (Å²) in [5.41, 5.74) is 0.539.